The van der Waals surface area contributed by atoms with Crippen molar-refractivity contribution in [2.75, 3.05) is 13.2 Å². The Morgan fingerprint density at radius 2 is 1.88 bits per heavy atom. The quantitative estimate of drug-likeness (QED) is 0.239. The van der Waals surface area contributed by atoms with Crippen LogP contribution in [0.25, 0.3) is 5.53 Å². The monoisotopic (exact) mass is 367 g/mol. The summed E-state index contributed by atoms with van der Waals surface area (Å²) in [6.45, 7) is 8.19. The van der Waals surface area contributed by atoms with Gasteiger partial charge in [0.25, 0.3) is 5.78 Å². The Kier molecular flexibility index (Phi) is 6.80. The van der Waals surface area contributed by atoms with Crippen molar-refractivity contribution in [1.82, 2.24) is 4.90 Å². The number of ether oxygens (including phenoxy) is 2. The average Bonchev–Trinajstić information content (AvgIpc) is 2.54. The summed E-state index contributed by atoms with van der Waals surface area (Å²) in [4.78, 5) is 53.7. The number of esters is 1. The molecule has 0 radical (unpaired) electrons. The van der Waals surface area contributed by atoms with E-state index >= 15 is 0 Å². The molecule has 1 unspecified atom stereocenters. The molecule has 0 spiro atoms. The van der Waals surface area contributed by atoms with Crippen LogP contribution in [0.15, 0.2) is 0 Å². The molecule has 1 heterocycles. The molecule has 0 aromatic rings. The third-order valence-corrected chi connectivity index (χ3v) is 4.08. The van der Waals surface area contributed by atoms with Gasteiger partial charge in [-0.2, -0.15) is 4.79 Å². The second-order valence-electron chi connectivity index (χ2n) is 6.97. The van der Waals surface area contributed by atoms with Crippen molar-refractivity contribution < 1.29 is 33.4 Å². The summed E-state index contributed by atoms with van der Waals surface area (Å²) >= 11 is 0. The minimum Gasteiger partial charge on any atom is -0.457 e. The van der Waals surface area contributed by atoms with Gasteiger partial charge in [0.2, 0.25) is 5.91 Å². The molecule has 144 valence electrons. The van der Waals surface area contributed by atoms with Gasteiger partial charge in [-0.15, -0.1) is 0 Å². The Labute approximate surface area is 152 Å². The maximum Gasteiger partial charge on any atom is 0.442 e. The molecular weight excluding hydrogens is 342 g/mol. The van der Waals surface area contributed by atoms with Crippen LogP contribution >= 0.6 is 0 Å². The third-order valence-electron chi connectivity index (χ3n) is 4.08. The molecule has 9 nitrogen and oxygen atoms in total. The van der Waals surface area contributed by atoms with Crippen LogP contribution < -0.4 is 0 Å². The second-order valence-corrected chi connectivity index (χ2v) is 6.97. The van der Waals surface area contributed by atoms with Crippen LogP contribution in [0, 0.1) is 5.41 Å². The third kappa shape index (κ3) is 4.35. The summed E-state index contributed by atoms with van der Waals surface area (Å²) in [5.41, 5.74) is 5.76. The van der Waals surface area contributed by atoms with Crippen molar-refractivity contribution in [3.8, 4) is 0 Å². The minimum atomic E-state index is -1.68. The molecule has 1 fully saturated rings. The van der Waals surface area contributed by atoms with Crippen molar-refractivity contribution in [3.63, 3.8) is 0 Å². The topological polar surface area (TPSA) is 126 Å². The molecule has 2 amide bonds. The lowest BCUT2D eigenvalue weighted by molar-refractivity contribution is -0.153. The van der Waals surface area contributed by atoms with Gasteiger partial charge in [-0.3, -0.25) is 9.59 Å². The Hall–Kier alpha value is -2.54. The fourth-order valence-electron chi connectivity index (χ4n) is 2.80. The number of likely N-dealkylation sites (tertiary alicyclic amines) is 1. The van der Waals surface area contributed by atoms with Gasteiger partial charge in [-0.25, -0.2) is 14.5 Å². The van der Waals surface area contributed by atoms with Crippen LogP contribution in [0.3, 0.4) is 0 Å². The lowest BCUT2D eigenvalue weighted by Gasteiger charge is -2.38. The first-order valence-corrected chi connectivity index (χ1v) is 8.53. The van der Waals surface area contributed by atoms with Gasteiger partial charge in [-0.05, 0) is 47.0 Å². The van der Waals surface area contributed by atoms with Crippen LogP contribution in [0.5, 0.6) is 0 Å². The number of piperidine rings is 1. The SMILES string of the molecule is CCOC(=O)C(=[N+]=[N-])C(=O)C1(CC)CCCN(C(=O)OC(C)(C)C)C1=O. The number of carbonyl (C=O) groups is 4. The summed E-state index contributed by atoms with van der Waals surface area (Å²) in [5.74, 6) is -2.84. The molecular formula is C17H25N3O6. The van der Waals surface area contributed by atoms with E-state index < -0.39 is 40.5 Å². The van der Waals surface area contributed by atoms with Gasteiger partial charge < -0.3 is 15.0 Å². The zero-order valence-electron chi connectivity index (χ0n) is 15.8. The summed E-state index contributed by atoms with van der Waals surface area (Å²) < 4.78 is 9.93. The first kappa shape index (κ1) is 21.5. The lowest BCUT2D eigenvalue weighted by atomic mass is 9.72. The first-order valence-electron chi connectivity index (χ1n) is 8.53. The van der Waals surface area contributed by atoms with Crippen molar-refractivity contribution in [2.24, 2.45) is 5.41 Å². The predicted octanol–water partition coefficient (Wildman–Crippen LogP) is 1.74. The van der Waals surface area contributed by atoms with Crippen LogP contribution in [0.4, 0.5) is 4.79 Å². The standard InChI is InChI=1S/C17H25N3O6/c1-6-17(12(21)11(19-18)13(22)25-7-2)9-8-10-20(14(17)23)15(24)26-16(3,4)5/h6-10H2,1-5H3. The van der Waals surface area contributed by atoms with E-state index in [9.17, 15) is 19.2 Å². The van der Waals surface area contributed by atoms with E-state index in [1.807, 2.05) is 0 Å². The Balaban J connectivity index is 3.22. The number of hydrogen-bond donors (Lipinski definition) is 0. The van der Waals surface area contributed by atoms with Gasteiger partial charge in [0, 0.05) is 6.54 Å². The fourth-order valence-corrected chi connectivity index (χ4v) is 2.80. The van der Waals surface area contributed by atoms with Crippen LogP contribution in [-0.2, 0) is 23.9 Å². The van der Waals surface area contributed by atoms with E-state index in [0.717, 1.165) is 4.90 Å². The van der Waals surface area contributed by atoms with Gasteiger partial charge in [0.15, 0.2) is 0 Å². The Bertz CT molecular complexity index is 660. The molecule has 1 aliphatic rings. The number of Topliss-reactive ketones (excluding diaryl/α,β-unsaturated/α-hetero) is 1. The Morgan fingerprint density at radius 3 is 2.35 bits per heavy atom. The van der Waals surface area contributed by atoms with Gasteiger partial charge in [0.05, 0.1) is 6.61 Å². The molecule has 0 aromatic heterocycles. The number of carbonyl (C=O) groups excluding carboxylic acids is 4. The highest BCUT2D eigenvalue weighted by Gasteiger charge is 2.56. The van der Waals surface area contributed by atoms with Crippen LogP contribution in [0.2, 0.25) is 0 Å². The zero-order chi connectivity index (χ0) is 20.1. The molecule has 1 rings (SSSR count). The number of imide groups is 1. The summed E-state index contributed by atoms with van der Waals surface area (Å²) in [7, 11) is 0. The van der Waals surface area contributed by atoms with Crippen LogP contribution in [0.1, 0.15) is 53.9 Å². The largest absolute Gasteiger partial charge is 0.457 e. The van der Waals surface area contributed by atoms with E-state index in [1.165, 1.54) is 6.92 Å². The molecule has 0 N–H and O–H groups in total. The first-order chi connectivity index (χ1) is 12.0. The second kappa shape index (κ2) is 8.23. The summed E-state index contributed by atoms with van der Waals surface area (Å²) in [5, 5.41) is 0. The number of nitrogens with zero attached hydrogens (tertiary/aromatic N) is 3. The van der Waals surface area contributed by atoms with Crippen molar-refractivity contribution in [1.29, 1.82) is 0 Å². The molecule has 9 heteroatoms. The van der Waals surface area contributed by atoms with E-state index in [-0.39, 0.29) is 26.0 Å². The molecule has 0 aromatic carbocycles. The van der Waals surface area contributed by atoms with E-state index in [1.54, 1.807) is 27.7 Å². The smallest absolute Gasteiger partial charge is 0.442 e. The zero-order valence-corrected chi connectivity index (χ0v) is 15.8. The van der Waals surface area contributed by atoms with Crippen molar-refractivity contribution >= 4 is 29.5 Å². The Morgan fingerprint density at radius 1 is 1.27 bits per heavy atom. The van der Waals surface area contributed by atoms with Gasteiger partial charge in [0.1, 0.15) is 11.0 Å². The number of amides is 2. The van der Waals surface area contributed by atoms with E-state index in [4.69, 9.17) is 15.0 Å². The normalized spacial score (nSPS) is 20.2. The van der Waals surface area contributed by atoms with Gasteiger partial charge >= 0.3 is 17.8 Å². The van der Waals surface area contributed by atoms with Crippen molar-refractivity contribution in [2.45, 2.75) is 59.5 Å². The van der Waals surface area contributed by atoms with Crippen molar-refractivity contribution in [3.05, 3.63) is 5.53 Å². The predicted molar refractivity (Wildman–Crippen MR) is 90.2 cm³/mol. The number of ketones is 1. The molecule has 0 saturated carbocycles. The molecule has 1 saturated heterocycles. The van der Waals surface area contributed by atoms with Crippen LogP contribution in [-0.4, -0.2) is 57.9 Å². The maximum absolute atomic E-state index is 13.0. The maximum atomic E-state index is 13.0. The lowest BCUT2D eigenvalue weighted by Crippen LogP contribution is -2.57. The average molecular weight is 367 g/mol. The fraction of sp³-hybridized carbons (Fsp3) is 0.706. The minimum absolute atomic E-state index is 0.0256. The molecule has 0 aliphatic carbocycles. The molecule has 26 heavy (non-hydrogen) atoms. The molecule has 1 aliphatic heterocycles. The molecule has 0 bridgehead atoms. The molecule has 1 atom stereocenters. The van der Waals surface area contributed by atoms with E-state index in [2.05, 4.69) is 4.79 Å². The number of hydrogen-bond acceptors (Lipinski definition) is 6. The van der Waals surface area contributed by atoms with E-state index in [0.29, 0.717) is 6.42 Å². The van der Waals surface area contributed by atoms with Gasteiger partial charge in [-0.1, -0.05) is 6.92 Å². The summed E-state index contributed by atoms with van der Waals surface area (Å²) in [6.07, 6.45) is -0.348. The number of rotatable bonds is 5. The summed E-state index contributed by atoms with van der Waals surface area (Å²) in [6, 6.07) is 0. The highest BCUT2D eigenvalue weighted by molar-refractivity contribution is 6.64. The highest BCUT2D eigenvalue weighted by atomic mass is 16.6. The highest BCUT2D eigenvalue weighted by Crippen LogP contribution is 2.36.